The average molecular weight is 306 g/mol. The van der Waals surface area contributed by atoms with Crippen LogP contribution < -0.4 is 0 Å². The Hall–Kier alpha value is -1.68. The molecule has 0 saturated carbocycles. The van der Waals surface area contributed by atoms with Crippen molar-refractivity contribution in [2.45, 2.75) is 52.1 Å². The summed E-state index contributed by atoms with van der Waals surface area (Å²) in [6, 6.07) is 8.42. The van der Waals surface area contributed by atoms with Crippen molar-refractivity contribution in [3.8, 4) is 0 Å². The molecule has 0 fully saturated rings. The lowest BCUT2D eigenvalue weighted by molar-refractivity contribution is -0.138. The zero-order chi connectivity index (χ0) is 16.6. The van der Waals surface area contributed by atoms with Crippen LogP contribution in [0.25, 0.3) is 0 Å². The van der Waals surface area contributed by atoms with Crippen LogP contribution in [-0.2, 0) is 9.53 Å². The SMILES string of the molecule is CC(CCCC(C)(C)O)CCOC(=O)C(=O)c1ccccc1. The summed E-state index contributed by atoms with van der Waals surface area (Å²) in [5.41, 5.74) is -0.278. The number of Topliss-reactive ketones (excluding diaryl/α,β-unsaturated/α-hetero) is 1. The number of hydrogen-bond acceptors (Lipinski definition) is 4. The van der Waals surface area contributed by atoms with Crippen LogP contribution in [-0.4, -0.2) is 29.1 Å². The van der Waals surface area contributed by atoms with E-state index in [1.807, 2.05) is 0 Å². The first-order valence-corrected chi connectivity index (χ1v) is 7.78. The average Bonchev–Trinajstić information content (AvgIpc) is 2.46. The zero-order valence-corrected chi connectivity index (χ0v) is 13.7. The van der Waals surface area contributed by atoms with Crippen LogP contribution >= 0.6 is 0 Å². The van der Waals surface area contributed by atoms with Gasteiger partial charge < -0.3 is 9.84 Å². The third kappa shape index (κ3) is 7.36. The summed E-state index contributed by atoms with van der Waals surface area (Å²) in [7, 11) is 0. The van der Waals surface area contributed by atoms with Gasteiger partial charge in [-0.15, -0.1) is 0 Å². The van der Waals surface area contributed by atoms with Crippen molar-refractivity contribution in [1.82, 2.24) is 0 Å². The minimum atomic E-state index is -0.796. The Bertz CT molecular complexity index is 474. The van der Waals surface area contributed by atoms with Gasteiger partial charge in [-0.05, 0) is 32.6 Å². The van der Waals surface area contributed by atoms with E-state index < -0.39 is 17.4 Å². The van der Waals surface area contributed by atoms with Gasteiger partial charge in [-0.2, -0.15) is 0 Å². The van der Waals surface area contributed by atoms with E-state index in [9.17, 15) is 14.7 Å². The van der Waals surface area contributed by atoms with Crippen molar-refractivity contribution < 1.29 is 19.4 Å². The Labute approximate surface area is 132 Å². The number of esters is 1. The van der Waals surface area contributed by atoms with Gasteiger partial charge in [0.25, 0.3) is 5.78 Å². The summed E-state index contributed by atoms with van der Waals surface area (Å²) < 4.78 is 5.04. The molecule has 0 aliphatic heterocycles. The van der Waals surface area contributed by atoms with E-state index in [1.54, 1.807) is 44.2 Å². The molecule has 0 aliphatic rings. The molecule has 1 rings (SSSR count). The Morgan fingerprint density at radius 3 is 2.41 bits per heavy atom. The van der Waals surface area contributed by atoms with E-state index in [2.05, 4.69) is 6.92 Å². The fourth-order valence-electron chi connectivity index (χ4n) is 2.15. The summed E-state index contributed by atoms with van der Waals surface area (Å²) in [4.78, 5) is 23.5. The first-order valence-electron chi connectivity index (χ1n) is 7.78. The van der Waals surface area contributed by atoms with Crippen LogP contribution in [0.1, 0.15) is 56.8 Å². The molecule has 0 amide bonds. The molecule has 0 bridgehead atoms. The van der Waals surface area contributed by atoms with Crippen molar-refractivity contribution in [1.29, 1.82) is 0 Å². The largest absolute Gasteiger partial charge is 0.460 e. The number of ketones is 1. The maximum Gasteiger partial charge on any atom is 0.379 e. The highest BCUT2D eigenvalue weighted by Crippen LogP contribution is 2.17. The molecule has 1 aromatic carbocycles. The summed E-state index contributed by atoms with van der Waals surface area (Å²) in [6.45, 7) is 5.93. The minimum Gasteiger partial charge on any atom is -0.460 e. The molecule has 0 aliphatic carbocycles. The number of aliphatic hydroxyl groups is 1. The van der Waals surface area contributed by atoms with Crippen molar-refractivity contribution in [2.24, 2.45) is 5.92 Å². The van der Waals surface area contributed by atoms with Crippen LogP contribution in [0.3, 0.4) is 0 Å². The number of carbonyl (C=O) groups is 2. The van der Waals surface area contributed by atoms with E-state index in [-0.39, 0.29) is 6.61 Å². The molecule has 4 heteroatoms. The quantitative estimate of drug-likeness (QED) is 0.431. The normalized spacial score (nSPS) is 12.7. The molecule has 4 nitrogen and oxygen atoms in total. The molecule has 0 radical (unpaired) electrons. The summed E-state index contributed by atoms with van der Waals surface area (Å²) in [5, 5.41) is 9.64. The molecule has 0 aromatic heterocycles. The van der Waals surface area contributed by atoms with Gasteiger partial charge in [0.05, 0.1) is 12.2 Å². The van der Waals surface area contributed by atoms with E-state index in [0.717, 1.165) is 25.7 Å². The Kier molecular flexibility index (Phi) is 7.25. The molecular weight excluding hydrogens is 280 g/mol. The van der Waals surface area contributed by atoms with E-state index >= 15 is 0 Å². The third-order valence-electron chi connectivity index (χ3n) is 3.55. The van der Waals surface area contributed by atoms with Crippen LogP contribution in [0.2, 0.25) is 0 Å². The molecule has 1 N–H and O–H groups in total. The van der Waals surface area contributed by atoms with Crippen LogP contribution in [0.4, 0.5) is 0 Å². The molecule has 0 saturated heterocycles. The van der Waals surface area contributed by atoms with Gasteiger partial charge >= 0.3 is 5.97 Å². The lowest BCUT2D eigenvalue weighted by Crippen LogP contribution is -2.19. The van der Waals surface area contributed by atoms with Gasteiger partial charge in [0.2, 0.25) is 0 Å². The van der Waals surface area contributed by atoms with Crippen molar-refractivity contribution in [3.63, 3.8) is 0 Å². The standard InChI is InChI=1S/C18H26O4/c1-14(8-7-12-18(2,3)21)11-13-22-17(20)16(19)15-9-5-4-6-10-15/h4-6,9-10,14,21H,7-8,11-13H2,1-3H3. The summed E-state index contributed by atoms with van der Waals surface area (Å²) in [5.74, 6) is -1.01. The lowest BCUT2D eigenvalue weighted by atomic mass is 9.95. The van der Waals surface area contributed by atoms with Crippen LogP contribution in [0, 0.1) is 5.92 Å². The fraction of sp³-hybridized carbons (Fsp3) is 0.556. The molecule has 22 heavy (non-hydrogen) atoms. The van der Waals surface area contributed by atoms with Crippen molar-refractivity contribution in [2.75, 3.05) is 6.61 Å². The van der Waals surface area contributed by atoms with Gasteiger partial charge in [-0.3, -0.25) is 4.79 Å². The van der Waals surface area contributed by atoms with Gasteiger partial charge in [0, 0.05) is 5.56 Å². The first-order chi connectivity index (χ1) is 10.3. The van der Waals surface area contributed by atoms with Crippen molar-refractivity contribution >= 4 is 11.8 Å². The molecule has 1 aromatic rings. The minimum absolute atomic E-state index is 0.251. The Morgan fingerprint density at radius 2 is 1.82 bits per heavy atom. The Morgan fingerprint density at radius 1 is 1.18 bits per heavy atom. The summed E-state index contributed by atoms with van der Waals surface area (Å²) in [6.07, 6.45) is 3.37. The number of hydrogen-bond donors (Lipinski definition) is 1. The molecule has 1 atom stereocenters. The van der Waals surface area contributed by atoms with Crippen LogP contribution in [0.5, 0.6) is 0 Å². The maximum atomic E-state index is 11.8. The highest BCUT2D eigenvalue weighted by atomic mass is 16.5. The smallest absolute Gasteiger partial charge is 0.379 e. The van der Waals surface area contributed by atoms with Gasteiger partial charge in [-0.25, -0.2) is 4.79 Å². The second-order valence-electron chi connectivity index (χ2n) is 6.43. The number of benzene rings is 1. The van der Waals surface area contributed by atoms with E-state index in [1.165, 1.54) is 0 Å². The highest BCUT2D eigenvalue weighted by molar-refractivity contribution is 6.40. The second kappa shape index (κ2) is 8.69. The van der Waals surface area contributed by atoms with E-state index in [4.69, 9.17) is 4.74 Å². The monoisotopic (exact) mass is 306 g/mol. The molecular formula is C18H26O4. The predicted octanol–water partition coefficient (Wildman–Crippen LogP) is 3.38. The lowest BCUT2D eigenvalue weighted by Gasteiger charge is -2.18. The first kappa shape index (κ1) is 18.4. The molecule has 0 spiro atoms. The predicted molar refractivity (Wildman–Crippen MR) is 85.7 cm³/mol. The molecule has 1 unspecified atom stereocenters. The van der Waals surface area contributed by atoms with Gasteiger partial charge in [-0.1, -0.05) is 50.1 Å². The van der Waals surface area contributed by atoms with Crippen molar-refractivity contribution in [3.05, 3.63) is 35.9 Å². The van der Waals surface area contributed by atoms with Gasteiger partial charge in [0.1, 0.15) is 0 Å². The topological polar surface area (TPSA) is 63.6 Å². The second-order valence-corrected chi connectivity index (χ2v) is 6.43. The molecule has 122 valence electrons. The van der Waals surface area contributed by atoms with Gasteiger partial charge in [0.15, 0.2) is 0 Å². The third-order valence-corrected chi connectivity index (χ3v) is 3.55. The Balaban J connectivity index is 2.23. The highest BCUT2D eigenvalue weighted by Gasteiger charge is 2.18. The number of ether oxygens (including phenoxy) is 1. The zero-order valence-electron chi connectivity index (χ0n) is 13.7. The summed E-state index contributed by atoms with van der Waals surface area (Å²) >= 11 is 0. The number of carbonyl (C=O) groups excluding carboxylic acids is 2. The number of rotatable bonds is 9. The fourth-order valence-corrected chi connectivity index (χ4v) is 2.15. The van der Waals surface area contributed by atoms with E-state index in [0.29, 0.717) is 11.5 Å². The maximum absolute atomic E-state index is 11.8. The van der Waals surface area contributed by atoms with Crippen LogP contribution in [0.15, 0.2) is 30.3 Å². The molecule has 0 heterocycles.